The molecule has 0 radical (unpaired) electrons. The van der Waals surface area contributed by atoms with Crippen LogP contribution in [0.1, 0.15) is 10.4 Å². The van der Waals surface area contributed by atoms with Crippen LogP contribution >= 0.6 is 22.9 Å². The van der Waals surface area contributed by atoms with Gasteiger partial charge in [-0.3, -0.25) is 20.4 Å². The zero-order valence-corrected chi connectivity index (χ0v) is 19.3. The molecule has 0 atom stereocenters. The quantitative estimate of drug-likeness (QED) is 0.315. The lowest BCUT2D eigenvalue weighted by molar-refractivity contribution is 0.0962. The number of anilines is 2. The first-order chi connectivity index (χ1) is 15.8. The first-order valence-electron chi connectivity index (χ1n) is 9.34. The molecule has 4 aromatic rings. The molecule has 0 spiro atoms. The highest BCUT2D eigenvalue weighted by Crippen LogP contribution is 2.37. The minimum Gasteiger partial charge on any atom is -0.494 e. The second-order valence-corrected chi connectivity index (χ2v) is 9.75. The molecule has 0 unspecified atom stereocenters. The summed E-state index contributed by atoms with van der Waals surface area (Å²) >= 11 is 7.45. The summed E-state index contributed by atoms with van der Waals surface area (Å²) in [6, 6.07) is 13.7. The second kappa shape index (κ2) is 9.22. The van der Waals surface area contributed by atoms with Crippen LogP contribution in [0.3, 0.4) is 0 Å². The SMILES string of the molecule is COc1ccc(Cl)c2sc(NNC(=O)c3ccc(NS(=O)(=O)c4ccc(F)cc4)cc3)nc12. The zero-order chi connectivity index (χ0) is 23.6. The van der Waals surface area contributed by atoms with Crippen LogP contribution in [0.2, 0.25) is 5.02 Å². The largest absolute Gasteiger partial charge is 0.494 e. The zero-order valence-electron chi connectivity index (χ0n) is 16.9. The van der Waals surface area contributed by atoms with Gasteiger partial charge in [-0.15, -0.1) is 0 Å². The number of halogens is 2. The van der Waals surface area contributed by atoms with Gasteiger partial charge in [-0.1, -0.05) is 22.9 Å². The Hall–Kier alpha value is -3.41. The molecule has 3 aromatic carbocycles. The van der Waals surface area contributed by atoms with Gasteiger partial charge in [0.25, 0.3) is 15.9 Å². The first kappa shape index (κ1) is 22.8. The molecular formula is C21H16ClFN4O4S2. The van der Waals surface area contributed by atoms with Crippen molar-refractivity contribution in [2.45, 2.75) is 4.90 Å². The third-order valence-electron chi connectivity index (χ3n) is 4.48. The Kier molecular flexibility index (Phi) is 6.36. The van der Waals surface area contributed by atoms with E-state index in [1.54, 1.807) is 12.1 Å². The lowest BCUT2D eigenvalue weighted by Crippen LogP contribution is -2.29. The van der Waals surface area contributed by atoms with E-state index >= 15 is 0 Å². The standard InChI is InChI=1S/C21H16ClFN4O4S2/c1-31-17-11-10-16(22)19-18(17)24-21(32-19)26-25-20(28)12-2-6-14(7-3-12)27-33(29,30)15-8-4-13(23)5-9-15/h2-11,27H,1H3,(H,24,26)(H,25,28). The van der Waals surface area contributed by atoms with Gasteiger partial charge in [0.2, 0.25) is 5.13 Å². The number of hydrogen-bond donors (Lipinski definition) is 3. The number of fused-ring (bicyclic) bond motifs is 1. The lowest BCUT2D eigenvalue weighted by Gasteiger charge is -2.09. The van der Waals surface area contributed by atoms with Crippen LogP contribution in [0.25, 0.3) is 10.2 Å². The molecule has 0 saturated carbocycles. The van der Waals surface area contributed by atoms with Crippen LogP contribution in [0.5, 0.6) is 5.75 Å². The Morgan fingerprint density at radius 3 is 2.42 bits per heavy atom. The third-order valence-corrected chi connectivity index (χ3v) is 7.31. The summed E-state index contributed by atoms with van der Waals surface area (Å²) in [5.74, 6) is -0.435. The van der Waals surface area contributed by atoms with E-state index < -0.39 is 21.7 Å². The van der Waals surface area contributed by atoms with E-state index in [-0.39, 0.29) is 16.1 Å². The summed E-state index contributed by atoms with van der Waals surface area (Å²) < 4.78 is 46.2. The number of amides is 1. The normalized spacial score (nSPS) is 11.2. The van der Waals surface area contributed by atoms with Crippen LogP contribution < -0.4 is 20.3 Å². The highest BCUT2D eigenvalue weighted by Gasteiger charge is 2.16. The molecule has 0 aliphatic heterocycles. The van der Waals surface area contributed by atoms with Gasteiger partial charge in [0.05, 0.1) is 21.7 Å². The molecule has 1 heterocycles. The highest BCUT2D eigenvalue weighted by atomic mass is 35.5. The van der Waals surface area contributed by atoms with E-state index in [4.69, 9.17) is 16.3 Å². The van der Waals surface area contributed by atoms with Gasteiger partial charge in [-0.2, -0.15) is 0 Å². The van der Waals surface area contributed by atoms with Crippen molar-refractivity contribution in [3.05, 3.63) is 77.1 Å². The predicted molar refractivity (Wildman–Crippen MR) is 126 cm³/mol. The van der Waals surface area contributed by atoms with Crippen LogP contribution in [-0.4, -0.2) is 26.4 Å². The number of nitrogens with zero attached hydrogens (tertiary/aromatic N) is 1. The molecule has 0 aliphatic rings. The van der Waals surface area contributed by atoms with E-state index in [1.165, 1.54) is 42.7 Å². The number of methoxy groups -OCH3 is 1. The molecule has 33 heavy (non-hydrogen) atoms. The van der Waals surface area contributed by atoms with E-state index in [9.17, 15) is 17.6 Å². The van der Waals surface area contributed by atoms with Gasteiger partial charge >= 0.3 is 0 Å². The molecule has 0 saturated heterocycles. The van der Waals surface area contributed by atoms with Crippen molar-refractivity contribution in [2.75, 3.05) is 17.3 Å². The van der Waals surface area contributed by atoms with Gasteiger partial charge in [0, 0.05) is 11.3 Å². The average Bonchev–Trinajstić information content (AvgIpc) is 3.23. The number of sulfonamides is 1. The Bertz CT molecular complexity index is 1430. The maximum atomic E-state index is 13.0. The second-order valence-electron chi connectivity index (χ2n) is 6.66. The van der Waals surface area contributed by atoms with Crippen LogP contribution in [0.4, 0.5) is 15.2 Å². The van der Waals surface area contributed by atoms with Crippen molar-refractivity contribution in [1.82, 2.24) is 10.4 Å². The number of ether oxygens (including phenoxy) is 1. The topological polar surface area (TPSA) is 109 Å². The molecule has 4 rings (SSSR count). The average molecular weight is 507 g/mol. The molecule has 3 N–H and O–H groups in total. The molecule has 1 amide bonds. The van der Waals surface area contributed by atoms with Crippen molar-refractivity contribution in [2.24, 2.45) is 0 Å². The summed E-state index contributed by atoms with van der Waals surface area (Å²) in [5, 5.41) is 0.926. The van der Waals surface area contributed by atoms with E-state index in [2.05, 4.69) is 20.6 Å². The summed E-state index contributed by atoms with van der Waals surface area (Å²) in [4.78, 5) is 16.8. The maximum absolute atomic E-state index is 13.0. The van der Waals surface area contributed by atoms with Gasteiger partial charge in [0.1, 0.15) is 17.1 Å². The monoisotopic (exact) mass is 506 g/mol. The van der Waals surface area contributed by atoms with Crippen molar-refractivity contribution in [3.63, 3.8) is 0 Å². The van der Waals surface area contributed by atoms with E-state index in [0.717, 1.165) is 24.3 Å². The smallest absolute Gasteiger partial charge is 0.269 e. The number of carbonyl (C=O) groups excluding carboxylic acids is 1. The Morgan fingerprint density at radius 1 is 1.06 bits per heavy atom. The number of carbonyl (C=O) groups is 1. The fourth-order valence-electron chi connectivity index (χ4n) is 2.87. The summed E-state index contributed by atoms with van der Waals surface area (Å²) in [6.45, 7) is 0. The van der Waals surface area contributed by atoms with Crippen LogP contribution in [0, 0.1) is 5.82 Å². The number of hydrogen-bond acceptors (Lipinski definition) is 7. The number of rotatable bonds is 7. The summed E-state index contributed by atoms with van der Waals surface area (Å²) in [7, 11) is -2.36. The minimum absolute atomic E-state index is 0.0810. The van der Waals surface area contributed by atoms with Crippen molar-refractivity contribution in [1.29, 1.82) is 0 Å². The minimum atomic E-state index is -3.89. The number of benzene rings is 3. The van der Waals surface area contributed by atoms with Gasteiger partial charge in [-0.25, -0.2) is 17.8 Å². The number of nitrogens with one attached hydrogen (secondary N) is 3. The molecule has 12 heteroatoms. The summed E-state index contributed by atoms with van der Waals surface area (Å²) in [5.41, 5.74) is 6.38. The van der Waals surface area contributed by atoms with Gasteiger partial charge < -0.3 is 4.74 Å². The van der Waals surface area contributed by atoms with Crippen LogP contribution in [-0.2, 0) is 10.0 Å². The van der Waals surface area contributed by atoms with Crippen molar-refractivity contribution < 1.29 is 22.3 Å². The van der Waals surface area contributed by atoms with E-state index in [1.807, 2.05) is 0 Å². The molecular weight excluding hydrogens is 491 g/mol. The third kappa shape index (κ3) is 5.00. The molecule has 0 aliphatic carbocycles. The van der Waals surface area contributed by atoms with Gasteiger partial charge in [0.15, 0.2) is 0 Å². The molecule has 0 bridgehead atoms. The van der Waals surface area contributed by atoms with Crippen molar-refractivity contribution >= 4 is 59.9 Å². The predicted octanol–water partition coefficient (Wildman–Crippen LogP) is 4.66. The van der Waals surface area contributed by atoms with Crippen LogP contribution in [0.15, 0.2) is 65.6 Å². The number of hydrazine groups is 1. The van der Waals surface area contributed by atoms with Gasteiger partial charge in [-0.05, 0) is 60.7 Å². The Morgan fingerprint density at radius 2 is 1.76 bits per heavy atom. The first-order valence-corrected chi connectivity index (χ1v) is 12.0. The molecule has 170 valence electrons. The molecule has 0 fully saturated rings. The number of thiazole rings is 1. The molecule has 1 aromatic heterocycles. The molecule has 8 nitrogen and oxygen atoms in total. The summed E-state index contributed by atoms with van der Waals surface area (Å²) in [6.07, 6.45) is 0. The fraction of sp³-hybridized carbons (Fsp3) is 0.0476. The lowest BCUT2D eigenvalue weighted by atomic mass is 10.2. The maximum Gasteiger partial charge on any atom is 0.269 e. The number of aromatic nitrogens is 1. The van der Waals surface area contributed by atoms with E-state index in [0.29, 0.717) is 26.1 Å². The fourth-order valence-corrected chi connectivity index (χ4v) is 5.04. The Labute approximate surface area is 197 Å². The highest BCUT2D eigenvalue weighted by molar-refractivity contribution is 7.92. The van der Waals surface area contributed by atoms with Crippen molar-refractivity contribution in [3.8, 4) is 5.75 Å². The Balaban J connectivity index is 1.42.